The Labute approximate surface area is 124 Å². The van der Waals surface area contributed by atoms with Crippen LogP contribution in [0.15, 0.2) is 10.7 Å². The Morgan fingerprint density at radius 3 is 2.81 bits per heavy atom. The molecular weight excluding hydrogens is 274 g/mol. The van der Waals surface area contributed by atoms with Crippen molar-refractivity contribution in [2.45, 2.75) is 52.1 Å². The quantitative estimate of drug-likeness (QED) is 0.705. The highest BCUT2D eigenvalue weighted by atomic mass is 16.5. The molecule has 0 saturated heterocycles. The fourth-order valence-corrected chi connectivity index (χ4v) is 1.82. The van der Waals surface area contributed by atoms with Crippen LogP contribution in [0.1, 0.15) is 62.5 Å². The van der Waals surface area contributed by atoms with E-state index in [1.165, 1.54) is 6.26 Å². The van der Waals surface area contributed by atoms with Crippen LogP contribution in [0, 0.1) is 0 Å². The zero-order valence-corrected chi connectivity index (χ0v) is 12.7. The summed E-state index contributed by atoms with van der Waals surface area (Å²) in [5.41, 5.74) is 6.03. The lowest BCUT2D eigenvalue weighted by Crippen LogP contribution is -2.34. The van der Waals surface area contributed by atoms with E-state index in [1.807, 2.05) is 6.92 Å². The van der Waals surface area contributed by atoms with Gasteiger partial charge in [-0.15, -0.1) is 0 Å². The van der Waals surface area contributed by atoms with Crippen molar-refractivity contribution in [2.24, 2.45) is 5.73 Å². The molecule has 1 heterocycles. The maximum atomic E-state index is 12.0. The van der Waals surface area contributed by atoms with Gasteiger partial charge in [-0.2, -0.15) is 0 Å². The second-order valence-electron chi connectivity index (χ2n) is 4.85. The molecule has 1 rings (SSSR count). The Balaban J connectivity index is 2.53. The van der Waals surface area contributed by atoms with Crippen molar-refractivity contribution in [3.05, 3.63) is 17.8 Å². The molecule has 1 aromatic heterocycles. The van der Waals surface area contributed by atoms with E-state index >= 15 is 0 Å². The number of esters is 1. The average Bonchev–Trinajstić information content (AvgIpc) is 2.88. The van der Waals surface area contributed by atoms with Gasteiger partial charge in [0.05, 0.1) is 19.1 Å². The Bertz CT molecular complexity index is 473. The van der Waals surface area contributed by atoms with Crippen molar-refractivity contribution in [2.75, 3.05) is 6.61 Å². The summed E-state index contributed by atoms with van der Waals surface area (Å²) in [5, 5.41) is 2.67. The summed E-state index contributed by atoms with van der Waals surface area (Å²) in [7, 11) is 0. The average molecular weight is 297 g/mol. The Hall–Kier alpha value is -1.89. The van der Waals surface area contributed by atoms with Crippen LogP contribution in [-0.4, -0.2) is 29.5 Å². The van der Waals surface area contributed by atoms with E-state index in [1.54, 1.807) is 13.8 Å². The van der Waals surface area contributed by atoms with Crippen molar-refractivity contribution >= 4 is 11.9 Å². The third-order valence-corrected chi connectivity index (χ3v) is 2.83. The van der Waals surface area contributed by atoms with E-state index in [9.17, 15) is 9.59 Å². The number of amides is 1. The predicted octanol–water partition coefficient (Wildman–Crippen LogP) is 1.55. The first kappa shape index (κ1) is 17.2. The fraction of sp³-hybridized carbons (Fsp3) is 0.643. The monoisotopic (exact) mass is 297 g/mol. The molecular formula is C14H23N3O4. The number of oxazole rings is 1. The minimum absolute atomic E-state index is 0.111. The number of hydrogen-bond donors (Lipinski definition) is 2. The normalized spacial score (nSPS) is 13.5. The topological polar surface area (TPSA) is 107 Å². The molecule has 0 saturated carbocycles. The molecule has 0 aliphatic rings. The summed E-state index contributed by atoms with van der Waals surface area (Å²) in [6.07, 6.45) is 3.03. The molecule has 7 heteroatoms. The molecule has 0 bridgehead atoms. The van der Waals surface area contributed by atoms with Crippen molar-refractivity contribution in [3.63, 3.8) is 0 Å². The summed E-state index contributed by atoms with van der Waals surface area (Å²) in [5.74, 6) is -0.401. The van der Waals surface area contributed by atoms with Crippen molar-refractivity contribution in [1.29, 1.82) is 0 Å². The number of carbonyl (C=O) groups excluding carboxylic acids is 2. The van der Waals surface area contributed by atoms with E-state index in [4.69, 9.17) is 14.9 Å². The number of hydrogen-bond acceptors (Lipinski definition) is 6. The van der Waals surface area contributed by atoms with E-state index in [0.717, 1.165) is 12.8 Å². The molecule has 3 N–H and O–H groups in total. The van der Waals surface area contributed by atoms with Gasteiger partial charge in [0.25, 0.3) is 5.91 Å². The van der Waals surface area contributed by atoms with Gasteiger partial charge in [0, 0.05) is 6.04 Å². The van der Waals surface area contributed by atoms with Crippen LogP contribution in [0.5, 0.6) is 0 Å². The van der Waals surface area contributed by atoms with Gasteiger partial charge < -0.3 is 20.2 Å². The van der Waals surface area contributed by atoms with Crippen molar-refractivity contribution < 1.29 is 18.7 Å². The van der Waals surface area contributed by atoms with E-state index < -0.39 is 5.91 Å². The van der Waals surface area contributed by atoms with E-state index in [0.29, 0.717) is 12.5 Å². The maximum absolute atomic E-state index is 12.0. The molecule has 2 atom stereocenters. The molecule has 0 aliphatic carbocycles. The molecule has 118 valence electrons. The zero-order valence-electron chi connectivity index (χ0n) is 12.7. The number of rotatable bonds is 8. The highest BCUT2D eigenvalue weighted by Crippen LogP contribution is 2.15. The fourth-order valence-electron chi connectivity index (χ4n) is 1.82. The lowest BCUT2D eigenvalue weighted by Gasteiger charge is -2.11. The second kappa shape index (κ2) is 8.41. The van der Waals surface area contributed by atoms with Gasteiger partial charge in [0.2, 0.25) is 5.89 Å². The third kappa shape index (κ3) is 5.55. The highest BCUT2D eigenvalue weighted by molar-refractivity contribution is 5.92. The van der Waals surface area contributed by atoms with E-state index in [-0.39, 0.29) is 30.2 Å². The number of nitrogens with two attached hydrogens (primary N) is 1. The Kier molecular flexibility index (Phi) is 6.87. The zero-order chi connectivity index (χ0) is 15.8. The molecule has 0 aliphatic heterocycles. The molecule has 1 aromatic rings. The number of ether oxygens (including phenoxy) is 1. The molecule has 7 nitrogen and oxygen atoms in total. The van der Waals surface area contributed by atoms with Crippen LogP contribution >= 0.6 is 0 Å². The number of nitrogens with one attached hydrogen (secondary N) is 1. The maximum Gasteiger partial charge on any atom is 0.307 e. The lowest BCUT2D eigenvalue weighted by molar-refractivity contribution is -0.143. The van der Waals surface area contributed by atoms with E-state index in [2.05, 4.69) is 10.3 Å². The SMILES string of the molecule is CCCC(N)c1nc(C(=O)NC(C)CC(=O)OCC)co1. The number of carbonyl (C=O) groups is 2. The summed E-state index contributed by atoms with van der Waals surface area (Å²) in [6, 6.07) is -0.658. The van der Waals surface area contributed by atoms with Crippen LogP contribution in [0.25, 0.3) is 0 Å². The Morgan fingerprint density at radius 2 is 2.19 bits per heavy atom. The van der Waals surface area contributed by atoms with Gasteiger partial charge in [-0.25, -0.2) is 4.98 Å². The van der Waals surface area contributed by atoms with Gasteiger partial charge >= 0.3 is 5.97 Å². The standard InChI is InChI=1S/C14H23N3O4/c1-4-6-10(15)14-17-11(8-21-14)13(19)16-9(3)7-12(18)20-5-2/h8-10H,4-7,15H2,1-3H3,(H,16,19). The molecule has 0 fully saturated rings. The Morgan fingerprint density at radius 1 is 1.48 bits per heavy atom. The van der Waals surface area contributed by atoms with Gasteiger partial charge in [-0.1, -0.05) is 13.3 Å². The third-order valence-electron chi connectivity index (χ3n) is 2.83. The second-order valence-corrected chi connectivity index (χ2v) is 4.85. The minimum atomic E-state index is -0.398. The first-order chi connectivity index (χ1) is 9.97. The first-order valence-corrected chi connectivity index (χ1v) is 7.15. The van der Waals surface area contributed by atoms with Crippen molar-refractivity contribution in [1.82, 2.24) is 10.3 Å². The summed E-state index contributed by atoms with van der Waals surface area (Å²) >= 11 is 0. The summed E-state index contributed by atoms with van der Waals surface area (Å²) in [6.45, 7) is 5.78. The first-order valence-electron chi connectivity index (χ1n) is 7.15. The molecule has 1 amide bonds. The summed E-state index contributed by atoms with van der Waals surface area (Å²) < 4.78 is 10.0. The molecule has 0 aromatic carbocycles. The smallest absolute Gasteiger partial charge is 0.307 e. The van der Waals surface area contributed by atoms with Crippen LogP contribution in [0.4, 0.5) is 0 Å². The number of aromatic nitrogens is 1. The number of nitrogens with zero attached hydrogens (tertiary/aromatic N) is 1. The minimum Gasteiger partial charge on any atom is -0.466 e. The molecule has 2 unspecified atom stereocenters. The van der Waals surface area contributed by atoms with Gasteiger partial charge in [0.1, 0.15) is 6.26 Å². The van der Waals surface area contributed by atoms with Crippen LogP contribution in [0.3, 0.4) is 0 Å². The molecule has 0 spiro atoms. The van der Waals surface area contributed by atoms with Crippen molar-refractivity contribution in [3.8, 4) is 0 Å². The van der Waals surface area contributed by atoms with Crippen LogP contribution in [0.2, 0.25) is 0 Å². The summed E-state index contributed by atoms with van der Waals surface area (Å²) in [4.78, 5) is 27.4. The van der Waals surface area contributed by atoms with Crippen LogP contribution in [-0.2, 0) is 9.53 Å². The predicted molar refractivity (Wildman–Crippen MR) is 76.5 cm³/mol. The highest BCUT2D eigenvalue weighted by Gasteiger charge is 2.19. The molecule has 0 radical (unpaired) electrons. The largest absolute Gasteiger partial charge is 0.466 e. The lowest BCUT2D eigenvalue weighted by atomic mass is 10.2. The molecule has 21 heavy (non-hydrogen) atoms. The van der Waals surface area contributed by atoms with Gasteiger partial charge in [0.15, 0.2) is 5.69 Å². The van der Waals surface area contributed by atoms with Gasteiger partial charge in [-0.05, 0) is 20.3 Å². The van der Waals surface area contributed by atoms with Crippen LogP contribution < -0.4 is 11.1 Å². The van der Waals surface area contributed by atoms with Gasteiger partial charge in [-0.3, -0.25) is 9.59 Å².